The van der Waals surface area contributed by atoms with Crippen molar-refractivity contribution < 1.29 is 14.7 Å². The van der Waals surface area contributed by atoms with Crippen LogP contribution in [0.1, 0.15) is 10.6 Å². The van der Waals surface area contributed by atoms with Gasteiger partial charge in [0.1, 0.15) is 0 Å². The Hall–Kier alpha value is -2.83. The lowest BCUT2D eigenvalue weighted by molar-refractivity contribution is 0.0684. The summed E-state index contributed by atoms with van der Waals surface area (Å²) in [5.74, 6) is -1.06. The first-order chi connectivity index (χ1) is 8.59. The van der Waals surface area contributed by atoms with E-state index in [4.69, 9.17) is 10.8 Å². The van der Waals surface area contributed by atoms with E-state index < -0.39 is 12.0 Å². The zero-order chi connectivity index (χ0) is 13.4. The van der Waals surface area contributed by atoms with Crippen molar-refractivity contribution in [2.75, 3.05) is 5.32 Å². The highest BCUT2D eigenvalue weighted by molar-refractivity contribution is 5.87. The highest BCUT2D eigenvalue weighted by Crippen LogP contribution is 2.03. The van der Waals surface area contributed by atoms with Gasteiger partial charge in [0, 0.05) is 18.1 Å². The molecule has 0 unspecified atom stereocenters. The Morgan fingerprint density at radius 2 is 1.94 bits per heavy atom. The quantitative estimate of drug-likeness (QED) is 0.639. The Morgan fingerprint density at radius 3 is 2.33 bits per heavy atom. The number of benzene rings is 1. The highest BCUT2D eigenvalue weighted by Gasteiger charge is 2.00. The maximum Gasteiger partial charge on any atom is 0.371 e. The number of carbonyl (C=O) groups excluding carboxylic acids is 1. The first-order valence-corrected chi connectivity index (χ1v) is 4.94. The summed E-state index contributed by atoms with van der Waals surface area (Å²) in [7, 11) is 0. The van der Waals surface area contributed by atoms with Gasteiger partial charge in [-0.1, -0.05) is 18.2 Å². The molecular formula is C11H12N4O3. The molecule has 0 radical (unpaired) electrons. The molecule has 0 aliphatic carbocycles. The second kappa shape index (κ2) is 6.69. The van der Waals surface area contributed by atoms with Gasteiger partial charge in [0.25, 0.3) is 0 Å². The summed E-state index contributed by atoms with van der Waals surface area (Å²) in [5.41, 5.74) is 5.59. The number of hydrogen-bond acceptors (Lipinski definition) is 3. The van der Waals surface area contributed by atoms with Crippen molar-refractivity contribution in [2.24, 2.45) is 5.73 Å². The number of anilines is 1. The summed E-state index contributed by atoms with van der Waals surface area (Å²) in [4.78, 5) is 26.1. The van der Waals surface area contributed by atoms with Gasteiger partial charge in [0.05, 0.1) is 0 Å². The topological polar surface area (TPSA) is 121 Å². The maximum atomic E-state index is 10.3. The van der Waals surface area contributed by atoms with E-state index in [1.54, 1.807) is 12.1 Å². The molecule has 1 aromatic carbocycles. The van der Waals surface area contributed by atoms with Crippen LogP contribution in [-0.4, -0.2) is 27.1 Å². The average molecular weight is 248 g/mol. The van der Waals surface area contributed by atoms with E-state index in [-0.39, 0.29) is 5.82 Å². The van der Waals surface area contributed by atoms with Gasteiger partial charge in [0.2, 0.25) is 5.82 Å². The number of H-pyrrole nitrogens is 1. The molecule has 0 atom stereocenters. The molecule has 2 rings (SSSR count). The van der Waals surface area contributed by atoms with Crippen molar-refractivity contribution in [3.63, 3.8) is 0 Å². The van der Waals surface area contributed by atoms with E-state index in [0.29, 0.717) is 0 Å². The van der Waals surface area contributed by atoms with E-state index in [2.05, 4.69) is 15.3 Å². The van der Waals surface area contributed by atoms with Crippen molar-refractivity contribution in [1.82, 2.24) is 9.97 Å². The number of aromatic nitrogens is 2. The fourth-order valence-electron chi connectivity index (χ4n) is 1.05. The number of carboxylic acids is 1. The minimum atomic E-state index is -1.03. The van der Waals surface area contributed by atoms with E-state index in [0.717, 1.165) is 5.69 Å². The molecule has 7 heteroatoms. The zero-order valence-electron chi connectivity index (χ0n) is 9.33. The van der Waals surface area contributed by atoms with Crippen LogP contribution >= 0.6 is 0 Å². The van der Waals surface area contributed by atoms with Crippen LogP contribution in [0.15, 0.2) is 42.7 Å². The summed E-state index contributed by atoms with van der Waals surface area (Å²) in [6, 6.07) is 8.52. The number of rotatable bonds is 2. The molecule has 7 nitrogen and oxygen atoms in total. The lowest BCUT2D eigenvalue weighted by Gasteiger charge is -1.97. The smallest absolute Gasteiger partial charge is 0.371 e. The Kier molecular flexibility index (Phi) is 4.92. The van der Waals surface area contributed by atoms with Gasteiger partial charge in [-0.3, -0.25) is 0 Å². The number of para-hydroxylation sites is 1. The van der Waals surface area contributed by atoms with Crippen LogP contribution < -0.4 is 11.1 Å². The molecule has 1 aromatic heterocycles. The second-order valence-electron chi connectivity index (χ2n) is 3.10. The monoisotopic (exact) mass is 248 g/mol. The van der Waals surface area contributed by atoms with Gasteiger partial charge in [-0.15, -0.1) is 0 Å². The van der Waals surface area contributed by atoms with E-state index in [1.807, 2.05) is 18.2 Å². The number of nitrogens with one attached hydrogen (secondary N) is 2. The number of imidazole rings is 1. The molecule has 18 heavy (non-hydrogen) atoms. The molecule has 5 N–H and O–H groups in total. The number of primary amides is 1. The summed E-state index contributed by atoms with van der Waals surface area (Å²) in [6.07, 6.45) is 2.85. The van der Waals surface area contributed by atoms with Gasteiger partial charge in [-0.2, -0.15) is 0 Å². The van der Waals surface area contributed by atoms with Crippen molar-refractivity contribution in [2.45, 2.75) is 0 Å². The Balaban J connectivity index is 0.000000184. The lowest BCUT2D eigenvalue weighted by atomic mass is 10.3. The second-order valence-corrected chi connectivity index (χ2v) is 3.10. The number of aromatic amines is 1. The predicted octanol–water partition coefficient (Wildman–Crippen LogP) is 1.29. The SMILES string of the molecule is NC(=O)Nc1ccccc1.O=C(O)c1ncc[nH]1. The number of aromatic carboxylic acids is 1. The van der Waals surface area contributed by atoms with Gasteiger partial charge >= 0.3 is 12.0 Å². The van der Waals surface area contributed by atoms with Crippen LogP contribution in [0, 0.1) is 0 Å². The molecule has 1 heterocycles. The first kappa shape index (κ1) is 13.2. The number of amides is 2. The van der Waals surface area contributed by atoms with Crippen LogP contribution in [-0.2, 0) is 0 Å². The van der Waals surface area contributed by atoms with Crippen LogP contribution in [0.4, 0.5) is 10.5 Å². The molecule has 0 fully saturated rings. The van der Waals surface area contributed by atoms with Crippen LogP contribution in [0.5, 0.6) is 0 Å². The fraction of sp³-hybridized carbons (Fsp3) is 0. The van der Waals surface area contributed by atoms with Gasteiger partial charge in [0.15, 0.2) is 0 Å². The van der Waals surface area contributed by atoms with Crippen LogP contribution in [0.25, 0.3) is 0 Å². The number of nitrogens with zero attached hydrogens (tertiary/aromatic N) is 1. The lowest BCUT2D eigenvalue weighted by Crippen LogP contribution is -2.18. The molecule has 0 aliphatic heterocycles. The standard InChI is InChI=1S/C7H8N2O.C4H4N2O2/c8-7(10)9-6-4-2-1-3-5-6;7-4(8)3-5-1-2-6-3/h1-5H,(H3,8,9,10);1-2H,(H,5,6)(H,7,8). The average Bonchev–Trinajstić information content (AvgIpc) is 2.84. The molecule has 94 valence electrons. The number of carboxylic acid groups (broad SMARTS) is 1. The molecule has 0 aliphatic rings. The zero-order valence-corrected chi connectivity index (χ0v) is 9.33. The predicted molar refractivity (Wildman–Crippen MR) is 65.2 cm³/mol. The van der Waals surface area contributed by atoms with Crippen molar-refractivity contribution >= 4 is 17.7 Å². The van der Waals surface area contributed by atoms with Crippen molar-refractivity contribution in [3.05, 3.63) is 48.5 Å². The first-order valence-electron chi connectivity index (χ1n) is 4.94. The maximum absolute atomic E-state index is 10.3. The molecule has 2 amide bonds. The largest absolute Gasteiger partial charge is 0.475 e. The van der Waals surface area contributed by atoms with Crippen LogP contribution in [0.3, 0.4) is 0 Å². The minimum Gasteiger partial charge on any atom is -0.475 e. The summed E-state index contributed by atoms with van der Waals surface area (Å²) < 4.78 is 0. The van der Waals surface area contributed by atoms with Gasteiger partial charge < -0.3 is 21.1 Å². The van der Waals surface area contributed by atoms with E-state index in [9.17, 15) is 9.59 Å². The molecular weight excluding hydrogens is 236 g/mol. The number of urea groups is 1. The number of hydrogen-bond donors (Lipinski definition) is 4. The highest BCUT2D eigenvalue weighted by atomic mass is 16.4. The molecule has 0 saturated carbocycles. The van der Waals surface area contributed by atoms with Crippen LogP contribution in [0.2, 0.25) is 0 Å². The summed E-state index contributed by atoms with van der Waals surface area (Å²) >= 11 is 0. The number of carbonyl (C=O) groups is 2. The third-order valence-electron chi connectivity index (χ3n) is 1.74. The molecule has 0 spiro atoms. The van der Waals surface area contributed by atoms with Gasteiger partial charge in [-0.25, -0.2) is 14.6 Å². The van der Waals surface area contributed by atoms with Crippen molar-refractivity contribution in [3.8, 4) is 0 Å². The third-order valence-corrected chi connectivity index (χ3v) is 1.74. The third kappa shape index (κ3) is 4.79. The van der Waals surface area contributed by atoms with E-state index >= 15 is 0 Å². The minimum absolute atomic E-state index is 0.0231. The van der Waals surface area contributed by atoms with Gasteiger partial charge in [-0.05, 0) is 12.1 Å². The molecule has 0 bridgehead atoms. The summed E-state index contributed by atoms with van der Waals surface area (Å²) in [5, 5.41) is 10.6. The number of nitrogens with two attached hydrogens (primary N) is 1. The molecule has 2 aromatic rings. The Labute approximate surface area is 103 Å². The summed E-state index contributed by atoms with van der Waals surface area (Å²) in [6.45, 7) is 0. The van der Waals surface area contributed by atoms with E-state index in [1.165, 1.54) is 12.4 Å². The fourth-order valence-corrected chi connectivity index (χ4v) is 1.05. The van der Waals surface area contributed by atoms with Crippen molar-refractivity contribution in [1.29, 1.82) is 0 Å². The molecule has 0 saturated heterocycles. The Morgan fingerprint density at radius 1 is 1.28 bits per heavy atom. The normalized spacial score (nSPS) is 8.89. The Bertz CT molecular complexity index is 496.